The molecule has 0 spiro atoms. The fourth-order valence-corrected chi connectivity index (χ4v) is 3.16. The Balaban J connectivity index is 2.24. The Morgan fingerprint density at radius 1 is 1.29 bits per heavy atom. The summed E-state index contributed by atoms with van der Waals surface area (Å²) in [6.07, 6.45) is 1.08. The summed E-state index contributed by atoms with van der Waals surface area (Å²) >= 11 is 0. The zero-order valence-electron chi connectivity index (χ0n) is 11.8. The maximum absolute atomic E-state index is 12.4. The molecule has 21 heavy (non-hydrogen) atoms. The molecule has 2 atom stereocenters. The summed E-state index contributed by atoms with van der Waals surface area (Å²) in [6, 6.07) is 5.81. The number of hydrogen-bond donors (Lipinski definition) is 1. The lowest BCUT2D eigenvalue weighted by Crippen LogP contribution is -2.30. The van der Waals surface area contributed by atoms with E-state index in [9.17, 15) is 18.0 Å². The molecule has 0 radical (unpaired) electrons. The van der Waals surface area contributed by atoms with Crippen LogP contribution < -0.4 is 0 Å². The molecule has 2 rings (SSSR count). The molecule has 0 bridgehead atoms. The van der Waals surface area contributed by atoms with E-state index in [1.165, 1.54) is 29.2 Å². The predicted molar refractivity (Wildman–Crippen MR) is 75.7 cm³/mol. The highest BCUT2D eigenvalue weighted by atomic mass is 32.2. The number of rotatable bonds is 3. The van der Waals surface area contributed by atoms with E-state index in [1.54, 1.807) is 6.92 Å². The van der Waals surface area contributed by atoms with Crippen molar-refractivity contribution in [1.29, 1.82) is 0 Å². The van der Waals surface area contributed by atoms with E-state index < -0.39 is 21.7 Å². The number of hydrogen-bond acceptors (Lipinski definition) is 4. The summed E-state index contributed by atoms with van der Waals surface area (Å²) in [5, 5.41) is 9.09. The zero-order chi connectivity index (χ0) is 15.8. The lowest BCUT2D eigenvalue weighted by Gasteiger charge is -2.16. The van der Waals surface area contributed by atoms with Crippen molar-refractivity contribution in [2.75, 3.05) is 19.3 Å². The third kappa shape index (κ3) is 3.24. The molecule has 0 aromatic heterocycles. The molecule has 1 saturated heterocycles. The largest absolute Gasteiger partial charge is 0.481 e. The number of benzene rings is 1. The quantitative estimate of drug-likeness (QED) is 0.895. The Kier molecular flexibility index (Phi) is 4.04. The first-order valence-electron chi connectivity index (χ1n) is 6.52. The third-order valence-corrected chi connectivity index (χ3v) is 4.84. The van der Waals surface area contributed by atoms with Crippen LogP contribution in [0.4, 0.5) is 0 Å². The molecule has 0 aliphatic carbocycles. The van der Waals surface area contributed by atoms with E-state index in [4.69, 9.17) is 5.11 Å². The molecule has 1 N–H and O–H groups in total. The van der Waals surface area contributed by atoms with Crippen LogP contribution in [0.2, 0.25) is 0 Å². The van der Waals surface area contributed by atoms with Gasteiger partial charge < -0.3 is 10.0 Å². The Labute approximate surface area is 123 Å². The maximum atomic E-state index is 12.4. The highest BCUT2D eigenvalue weighted by molar-refractivity contribution is 7.90. The van der Waals surface area contributed by atoms with Crippen molar-refractivity contribution < 1.29 is 23.1 Å². The maximum Gasteiger partial charge on any atom is 0.308 e. The number of carbonyl (C=O) groups is 2. The molecular weight excluding hydrogens is 294 g/mol. The van der Waals surface area contributed by atoms with E-state index in [1.807, 2.05) is 0 Å². The number of nitrogens with zero attached hydrogens (tertiary/aromatic N) is 1. The van der Waals surface area contributed by atoms with Gasteiger partial charge in [0.05, 0.1) is 10.8 Å². The van der Waals surface area contributed by atoms with Gasteiger partial charge in [-0.1, -0.05) is 13.0 Å². The summed E-state index contributed by atoms with van der Waals surface area (Å²) in [6.45, 7) is 2.30. The molecule has 1 aliphatic rings. The smallest absolute Gasteiger partial charge is 0.308 e. The van der Waals surface area contributed by atoms with Gasteiger partial charge in [-0.25, -0.2) is 8.42 Å². The van der Waals surface area contributed by atoms with Crippen LogP contribution in [-0.4, -0.2) is 49.6 Å². The topological polar surface area (TPSA) is 91.8 Å². The van der Waals surface area contributed by atoms with Crippen LogP contribution in [0.3, 0.4) is 0 Å². The molecule has 2 unspecified atom stereocenters. The standard InChI is InChI=1S/C14H17NO5S/c1-9-7-15(8-12(9)14(17)18)13(16)10-4-3-5-11(6-10)21(2,19)20/h3-6,9,12H,7-8H2,1-2H3,(H,17,18). The van der Waals surface area contributed by atoms with Crippen molar-refractivity contribution in [3.8, 4) is 0 Å². The molecule has 114 valence electrons. The van der Waals surface area contributed by atoms with Gasteiger partial charge in [0.25, 0.3) is 5.91 Å². The van der Waals surface area contributed by atoms with Gasteiger partial charge in [0.1, 0.15) is 0 Å². The summed E-state index contributed by atoms with van der Waals surface area (Å²) in [5.74, 6) is -1.95. The van der Waals surface area contributed by atoms with Crippen LogP contribution >= 0.6 is 0 Å². The number of carboxylic acids is 1. The number of sulfone groups is 1. The fraction of sp³-hybridized carbons (Fsp3) is 0.429. The van der Waals surface area contributed by atoms with Crippen LogP contribution in [0.1, 0.15) is 17.3 Å². The lowest BCUT2D eigenvalue weighted by atomic mass is 9.99. The van der Waals surface area contributed by atoms with E-state index in [2.05, 4.69) is 0 Å². The minimum Gasteiger partial charge on any atom is -0.481 e. The summed E-state index contributed by atoms with van der Waals surface area (Å²) in [7, 11) is -3.38. The van der Waals surface area contributed by atoms with E-state index in [0.29, 0.717) is 6.54 Å². The molecule has 1 amide bonds. The van der Waals surface area contributed by atoms with Gasteiger partial charge in [0, 0.05) is 24.9 Å². The average molecular weight is 311 g/mol. The summed E-state index contributed by atoms with van der Waals surface area (Å²) in [4.78, 5) is 25.0. The molecule has 1 aromatic carbocycles. The molecule has 1 fully saturated rings. The second-order valence-corrected chi connectivity index (χ2v) is 7.45. The normalized spacial score (nSPS) is 22.3. The van der Waals surface area contributed by atoms with Crippen LogP contribution in [0.15, 0.2) is 29.2 Å². The van der Waals surface area contributed by atoms with Gasteiger partial charge in [-0.05, 0) is 24.1 Å². The fourth-order valence-electron chi connectivity index (χ4n) is 2.50. The van der Waals surface area contributed by atoms with Gasteiger partial charge >= 0.3 is 5.97 Å². The van der Waals surface area contributed by atoms with Crippen molar-refractivity contribution in [3.63, 3.8) is 0 Å². The Morgan fingerprint density at radius 3 is 2.48 bits per heavy atom. The van der Waals surface area contributed by atoms with Gasteiger partial charge in [0.15, 0.2) is 9.84 Å². The van der Waals surface area contributed by atoms with Crippen molar-refractivity contribution in [2.45, 2.75) is 11.8 Å². The molecule has 1 aromatic rings. The summed E-state index contributed by atoms with van der Waals surface area (Å²) < 4.78 is 23.0. The first kappa shape index (κ1) is 15.5. The van der Waals surface area contributed by atoms with Gasteiger partial charge in [-0.2, -0.15) is 0 Å². The number of amides is 1. The van der Waals surface area contributed by atoms with E-state index in [-0.39, 0.29) is 28.8 Å². The van der Waals surface area contributed by atoms with Crippen molar-refractivity contribution in [1.82, 2.24) is 4.90 Å². The van der Waals surface area contributed by atoms with Gasteiger partial charge in [0.2, 0.25) is 0 Å². The molecule has 0 saturated carbocycles. The Hall–Kier alpha value is -1.89. The average Bonchev–Trinajstić information content (AvgIpc) is 2.79. The zero-order valence-corrected chi connectivity index (χ0v) is 12.6. The number of aliphatic carboxylic acids is 1. The minimum absolute atomic E-state index is 0.0791. The molecular formula is C14H17NO5S. The second-order valence-electron chi connectivity index (χ2n) is 5.43. The summed E-state index contributed by atoms with van der Waals surface area (Å²) in [5.41, 5.74) is 0.260. The van der Waals surface area contributed by atoms with Crippen molar-refractivity contribution >= 4 is 21.7 Å². The van der Waals surface area contributed by atoms with Crippen LogP contribution in [0.25, 0.3) is 0 Å². The monoisotopic (exact) mass is 311 g/mol. The predicted octanol–water partition coefficient (Wildman–Crippen LogP) is 0.883. The SMILES string of the molecule is CC1CN(C(=O)c2cccc(S(C)(=O)=O)c2)CC1C(=O)O. The number of likely N-dealkylation sites (tertiary alicyclic amines) is 1. The Morgan fingerprint density at radius 2 is 1.95 bits per heavy atom. The first-order valence-corrected chi connectivity index (χ1v) is 8.41. The van der Waals surface area contributed by atoms with Gasteiger partial charge in [-0.3, -0.25) is 9.59 Å². The van der Waals surface area contributed by atoms with Crippen LogP contribution in [0.5, 0.6) is 0 Å². The van der Waals surface area contributed by atoms with Crippen LogP contribution in [0, 0.1) is 11.8 Å². The van der Waals surface area contributed by atoms with Crippen molar-refractivity contribution in [3.05, 3.63) is 29.8 Å². The first-order chi connectivity index (χ1) is 9.70. The van der Waals surface area contributed by atoms with E-state index >= 15 is 0 Å². The van der Waals surface area contributed by atoms with Crippen LogP contribution in [-0.2, 0) is 14.6 Å². The number of carbonyl (C=O) groups excluding carboxylic acids is 1. The van der Waals surface area contributed by atoms with E-state index in [0.717, 1.165) is 6.26 Å². The highest BCUT2D eigenvalue weighted by Gasteiger charge is 2.37. The lowest BCUT2D eigenvalue weighted by molar-refractivity contribution is -0.142. The molecule has 6 nitrogen and oxygen atoms in total. The third-order valence-electron chi connectivity index (χ3n) is 3.73. The van der Waals surface area contributed by atoms with Gasteiger partial charge in [-0.15, -0.1) is 0 Å². The molecule has 1 aliphatic heterocycles. The Bertz CT molecular complexity index is 682. The molecule has 1 heterocycles. The number of carboxylic acid groups (broad SMARTS) is 1. The highest BCUT2D eigenvalue weighted by Crippen LogP contribution is 2.25. The van der Waals surface area contributed by atoms with Crippen molar-refractivity contribution in [2.24, 2.45) is 11.8 Å². The second kappa shape index (κ2) is 5.48. The molecule has 7 heteroatoms. The minimum atomic E-state index is -3.38.